The molecule has 0 aliphatic rings. The Morgan fingerprint density at radius 1 is 0.773 bits per heavy atom. The first-order chi connectivity index (χ1) is 21.5. The van der Waals surface area contributed by atoms with E-state index in [9.17, 15) is 4.79 Å². The Kier molecular flexibility index (Phi) is 10.2. The average Bonchev–Trinajstić information content (AvgIpc) is 3.06. The molecule has 0 bridgehead atoms. The lowest BCUT2D eigenvalue weighted by atomic mass is 9.96. The minimum Gasteiger partial charge on any atom is -0.482 e. The summed E-state index contributed by atoms with van der Waals surface area (Å²) >= 11 is 1.70. The standard InChI is InChI=1S/C38H28N2O3S/c1-28-26-35(20-21-37(28)43-27-38(41)42)44-25-22-36(31-14-8-29(9-15-31)12-18-33-6-2-4-23-39-33)32-16-10-30(11-17-32)13-19-34-7-3-5-24-40-34/h2-11,14-17,20-24,26H,25,27H2,1H3,(H,41,42). The molecule has 44 heavy (non-hydrogen) atoms. The lowest BCUT2D eigenvalue weighted by Gasteiger charge is -2.11. The van der Waals surface area contributed by atoms with Crippen LogP contribution in [0.3, 0.4) is 0 Å². The van der Waals surface area contributed by atoms with Gasteiger partial charge >= 0.3 is 5.97 Å². The Morgan fingerprint density at radius 3 is 1.82 bits per heavy atom. The van der Waals surface area contributed by atoms with E-state index < -0.39 is 5.97 Å². The van der Waals surface area contributed by atoms with Crippen molar-refractivity contribution >= 4 is 23.3 Å². The molecule has 1 N–H and O–H groups in total. The number of carboxylic acid groups (broad SMARTS) is 1. The van der Waals surface area contributed by atoms with Gasteiger partial charge in [-0.1, -0.05) is 54.3 Å². The fraction of sp³-hybridized carbons (Fsp3) is 0.0789. The number of hydrogen-bond donors (Lipinski definition) is 1. The van der Waals surface area contributed by atoms with Crippen LogP contribution in [0.2, 0.25) is 0 Å². The average molecular weight is 593 g/mol. The molecule has 0 radical (unpaired) electrons. The lowest BCUT2D eigenvalue weighted by Crippen LogP contribution is -2.09. The maximum absolute atomic E-state index is 10.9. The molecule has 0 aliphatic carbocycles. The molecule has 0 atom stereocenters. The van der Waals surface area contributed by atoms with E-state index in [0.717, 1.165) is 55.4 Å². The molecule has 5 nitrogen and oxygen atoms in total. The van der Waals surface area contributed by atoms with Crippen LogP contribution in [0, 0.1) is 30.6 Å². The summed E-state index contributed by atoms with van der Waals surface area (Å²) in [5.74, 6) is 12.9. The molecular weight excluding hydrogens is 564 g/mol. The van der Waals surface area contributed by atoms with Crippen LogP contribution in [0.15, 0.2) is 126 Å². The summed E-state index contributed by atoms with van der Waals surface area (Å²) in [5, 5.41) is 8.90. The molecule has 0 spiro atoms. The number of carbonyl (C=O) groups is 1. The Hall–Kier alpha value is -5.56. The zero-order chi connectivity index (χ0) is 30.6. The van der Waals surface area contributed by atoms with Crippen LogP contribution in [0.1, 0.15) is 39.2 Å². The molecule has 0 fully saturated rings. The van der Waals surface area contributed by atoms with Crippen molar-refractivity contribution in [1.29, 1.82) is 0 Å². The second-order valence-corrected chi connectivity index (χ2v) is 10.7. The monoisotopic (exact) mass is 592 g/mol. The second kappa shape index (κ2) is 15.1. The summed E-state index contributed by atoms with van der Waals surface area (Å²) in [5.41, 5.74) is 7.44. The Morgan fingerprint density at radius 2 is 1.34 bits per heavy atom. The Bertz CT molecular complexity index is 1780. The summed E-state index contributed by atoms with van der Waals surface area (Å²) in [6.07, 6.45) is 5.69. The number of carboxylic acids is 1. The van der Waals surface area contributed by atoms with E-state index in [2.05, 4.69) is 64.0 Å². The maximum atomic E-state index is 10.9. The zero-order valence-corrected chi connectivity index (χ0v) is 24.8. The molecule has 214 valence electrons. The molecule has 0 saturated carbocycles. The van der Waals surface area contributed by atoms with Crippen molar-refractivity contribution in [2.45, 2.75) is 11.8 Å². The Balaban J connectivity index is 1.37. The van der Waals surface area contributed by atoms with E-state index >= 15 is 0 Å². The smallest absolute Gasteiger partial charge is 0.341 e. The van der Waals surface area contributed by atoms with Crippen LogP contribution in [0.25, 0.3) is 5.57 Å². The minimum absolute atomic E-state index is 0.361. The van der Waals surface area contributed by atoms with E-state index in [-0.39, 0.29) is 6.61 Å². The maximum Gasteiger partial charge on any atom is 0.341 e. The fourth-order valence-electron chi connectivity index (χ4n) is 4.25. The molecule has 2 heterocycles. The van der Waals surface area contributed by atoms with Gasteiger partial charge in [-0.25, -0.2) is 14.8 Å². The number of nitrogens with zero attached hydrogens (tertiary/aromatic N) is 2. The van der Waals surface area contributed by atoms with E-state index in [0.29, 0.717) is 5.75 Å². The number of thioether (sulfide) groups is 1. The molecule has 0 saturated heterocycles. The molecule has 6 heteroatoms. The van der Waals surface area contributed by atoms with Crippen LogP contribution < -0.4 is 4.74 Å². The summed E-state index contributed by atoms with van der Waals surface area (Å²) in [4.78, 5) is 20.5. The topological polar surface area (TPSA) is 72.3 Å². The number of aliphatic carboxylic acids is 1. The highest BCUT2D eigenvalue weighted by Crippen LogP contribution is 2.29. The zero-order valence-electron chi connectivity index (χ0n) is 24.0. The van der Waals surface area contributed by atoms with Crippen molar-refractivity contribution < 1.29 is 14.6 Å². The molecular formula is C38H28N2O3S. The third kappa shape index (κ3) is 8.72. The predicted molar refractivity (Wildman–Crippen MR) is 175 cm³/mol. The SMILES string of the molecule is Cc1cc(SCC=C(c2ccc(C#Cc3ccccn3)cc2)c2ccc(C#Cc3ccccn3)cc2)ccc1OCC(=O)O. The lowest BCUT2D eigenvalue weighted by molar-refractivity contribution is -0.139. The minimum atomic E-state index is -0.998. The first-order valence-electron chi connectivity index (χ1n) is 13.9. The van der Waals surface area contributed by atoms with Gasteiger partial charge in [0, 0.05) is 34.2 Å². The predicted octanol–water partition coefficient (Wildman–Crippen LogP) is 7.27. The summed E-state index contributed by atoms with van der Waals surface area (Å²) < 4.78 is 5.37. The summed E-state index contributed by atoms with van der Waals surface area (Å²) in [6, 6.07) is 33.6. The first-order valence-corrected chi connectivity index (χ1v) is 14.9. The van der Waals surface area contributed by atoms with Gasteiger partial charge in [-0.05, 0) is 108 Å². The third-order valence-corrected chi connectivity index (χ3v) is 7.35. The van der Waals surface area contributed by atoms with E-state index in [1.165, 1.54) is 0 Å². The van der Waals surface area contributed by atoms with E-state index in [1.807, 2.05) is 85.8 Å². The highest BCUT2D eigenvalue weighted by atomic mass is 32.2. The quantitative estimate of drug-likeness (QED) is 0.151. The molecule has 2 aromatic heterocycles. The van der Waals surface area contributed by atoms with Gasteiger partial charge in [0.15, 0.2) is 6.61 Å². The number of pyridine rings is 2. The van der Waals surface area contributed by atoms with Crippen molar-refractivity contribution in [3.8, 4) is 29.4 Å². The van der Waals surface area contributed by atoms with Crippen LogP contribution in [0.5, 0.6) is 5.75 Å². The first kappa shape index (κ1) is 29.9. The highest BCUT2D eigenvalue weighted by Gasteiger charge is 2.08. The van der Waals surface area contributed by atoms with E-state index in [4.69, 9.17) is 9.84 Å². The highest BCUT2D eigenvalue weighted by molar-refractivity contribution is 7.99. The number of rotatable bonds is 8. The van der Waals surface area contributed by atoms with Crippen molar-refractivity contribution in [2.75, 3.05) is 12.4 Å². The second-order valence-electron chi connectivity index (χ2n) is 9.62. The van der Waals surface area contributed by atoms with Gasteiger partial charge in [0.1, 0.15) is 17.1 Å². The molecule has 3 aromatic carbocycles. The molecule has 0 unspecified atom stereocenters. The van der Waals surface area contributed by atoms with Gasteiger partial charge in [0.05, 0.1) is 0 Å². The van der Waals surface area contributed by atoms with Crippen molar-refractivity contribution in [2.24, 2.45) is 0 Å². The fourth-order valence-corrected chi connectivity index (χ4v) is 5.12. The Labute approximate surface area is 261 Å². The van der Waals surface area contributed by atoms with E-state index in [1.54, 1.807) is 24.2 Å². The van der Waals surface area contributed by atoms with Gasteiger partial charge in [-0.3, -0.25) is 0 Å². The summed E-state index contributed by atoms with van der Waals surface area (Å²) in [6.45, 7) is 1.56. The third-order valence-electron chi connectivity index (χ3n) is 6.43. The number of benzene rings is 3. The molecule has 0 amide bonds. The van der Waals surface area contributed by atoms with Crippen molar-refractivity contribution in [1.82, 2.24) is 9.97 Å². The largest absolute Gasteiger partial charge is 0.482 e. The van der Waals surface area contributed by atoms with Crippen LogP contribution in [-0.2, 0) is 4.79 Å². The molecule has 0 aliphatic heterocycles. The van der Waals surface area contributed by atoms with Crippen LogP contribution >= 0.6 is 11.8 Å². The number of hydrogen-bond acceptors (Lipinski definition) is 5. The van der Waals surface area contributed by atoms with Crippen molar-refractivity contribution in [3.05, 3.63) is 161 Å². The molecule has 5 rings (SSSR count). The van der Waals surface area contributed by atoms with Gasteiger partial charge in [-0.2, -0.15) is 0 Å². The molecule has 5 aromatic rings. The van der Waals surface area contributed by atoms with Crippen molar-refractivity contribution in [3.63, 3.8) is 0 Å². The number of aromatic nitrogens is 2. The van der Waals surface area contributed by atoms with Gasteiger partial charge in [-0.15, -0.1) is 11.8 Å². The number of aryl methyl sites for hydroxylation is 1. The van der Waals surface area contributed by atoms with Gasteiger partial charge in [0.25, 0.3) is 0 Å². The van der Waals surface area contributed by atoms with Gasteiger partial charge < -0.3 is 9.84 Å². The summed E-state index contributed by atoms with van der Waals surface area (Å²) in [7, 11) is 0. The normalized spacial score (nSPS) is 10.0. The van der Waals surface area contributed by atoms with Crippen LogP contribution in [-0.4, -0.2) is 33.4 Å². The van der Waals surface area contributed by atoms with Gasteiger partial charge in [0.2, 0.25) is 0 Å². The number of ether oxygens (including phenoxy) is 1. The van der Waals surface area contributed by atoms with Crippen LogP contribution in [0.4, 0.5) is 0 Å².